The van der Waals surface area contributed by atoms with Crippen LogP contribution in [0.15, 0.2) is 104 Å². The SMILES string of the molecule is OC[C@H]1OC(n2cnc3c(NCC(c4ccccc4)(c4ccccc4)c4ccccc4)ncnc32)[C@H](O)[C@@H]1O. The largest absolute Gasteiger partial charge is 0.394 e. The van der Waals surface area contributed by atoms with Crippen LogP contribution in [0.4, 0.5) is 5.82 Å². The predicted molar refractivity (Wildman–Crippen MR) is 146 cm³/mol. The molecule has 1 aliphatic heterocycles. The maximum atomic E-state index is 10.6. The molecule has 0 spiro atoms. The highest BCUT2D eigenvalue weighted by atomic mass is 16.6. The fourth-order valence-electron chi connectivity index (χ4n) is 5.47. The van der Waals surface area contributed by atoms with E-state index in [0.29, 0.717) is 23.5 Å². The molecule has 0 bridgehead atoms. The third kappa shape index (κ3) is 4.35. The summed E-state index contributed by atoms with van der Waals surface area (Å²) in [7, 11) is 0. The van der Waals surface area contributed by atoms with Crippen LogP contribution >= 0.6 is 0 Å². The van der Waals surface area contributed by atoms with Gasteiger partial charge in [0.1, 0.15) is 24.6 Å². The number of aliphatic hydroxyl groups is 3. The van der Waals surface area contributed by atoms with Gasteiger partial charge in [0.05, 0.1) is 18.3 Å². The van der Waals surface area contributed by atoms with E-state index < -0.39 is 36.6 Å². The van der Waals surface area contributed by atoms with E-state index in [0.717, 1.165) is 16.7 Å². The fourth-order valence-corrected chi connectivity index (χ4v) is 5.47. The number of anilines is 1. The molecule has 6 rings (SSSR count). The molecular formula is C30H29N5O4. The summed E-state index contributed by atoms with van der Waals surface area (Å²) in [5, 5.41) is 33.8. The lowest BCUT2D eigenvalue weighted by Gasteiger charge is -2.36. The van der Waals surface area contributed by atoms with Crippen molar-refractivity contribution >= 4 is 17.0 Å². The van der Waals surface area contributed by atoms with Gasteiger partial charge in [-0.1, -0.05) is 91.0 Å². The molecule has 3 aromatic carbocycles. The summed E-state index contributed by atoms with van der Waals surface area (Å²) in [6.45, 7) is 0.0571. The lowest BCUT2D eigenvalue weighted by molar-refractivity contribution is -0.0511. The van der Waals surface area contributed by atoms with E-state index >= 15 is 0 Å². The second-order valence-corrected chi connectivity index (χ2v) is 9.63. The lowest BCUT2D eigenvalue weighted by atomic mass is 9.69. The van der Waals surface area contributed by atoms with E-state index in [1.807, 2.05) is 54.6 Å². The number of nitrogens with one attached hydrogen (secondary N) is 1. The molecule has 2 aromatic heterocycles. The molecular weight excluding hydrogens is 494 g/mol. The van der Waals surface area contributed by atoms with Crippen molar-refractivity contribution in [3.05, 3.63) is 120 Å². The van der Waals surface area contributed by atoms with Crippen LogP contribution in [0.1, 0.15) is 22.9 Å². The number of fused-ring (bicyclic) bond motifs is 1. The van der Waals surface area contributed by atoms with Crippen LogP contribution in [-0.4, -0.2) is 66.3 Å². The Morgan fingerprint density at radius 3 is 1.85 bits per heavy atom. The van der Waals surface area contributed by atoms with Crippen molar-refractivity contribution in [1.82, 2.24) is 19.5 Å². The Morgan fingerprint density at radius 1 is 0.769 bits per heavy atom. The van der Waals surface area contributed by atoms with Gasteiger partial charge in [0.2, 0.25) is 0 Å². The Kier molecular flexibility index (Phi) is 6.80. The van der Waals surface area contributed by atoms with E-state index in [2.05, 4.69) is 56.7 Å². The number of benzene rings is 3. The maximum Gasteiger partial charge on any atom is 0.167 e. The Balaban J connectivity index is 1.42. The first-order chi connectivity index (χ1) is 19.1. The minimum absolute atomic E-state index is 0.413. The molecule has 0 radical (unpaired) electrons. The minimum atomic E-state index is -1.24. The highest BCUT2D eigenvalue weighted by molar-refractivity contribution is 5.83. The standard InChI is InChI=1S/C30H29N5O4/c36-16-23-25(37)26(38)29(39-23)35-19-34-24-27(32-18-33-28(24)35)31-17-30(20-10-4-1-5-11-20,21-12-6-2-7-13-21)22-14-8-3-9-15-22/h1-15,18-19,23,25-26,29,36-38H,16-17H2,(H,31,32,33)/t23-,25-,26-,29?/m1/s1. The van der Waals surface area contributed by atoms with Gasteiger partial charge in [-0.05, 0) is 16.7 Å². The van der Waals surface area contributed by atoms with E-state index in [1.54, 1.807) is 4.57 Å². The molecule has 1 aliphatic rings. The van der Waals surface area contributed by atoms with Gasteiger partial charge >= 0.3 is 0 Å². The van der Waals surface area contributed by atoms with Crippen molar-refractivity contribution in [3.8, 4) is 0 Å². The number of rotatable bonds is 8. The zero-order chi connectivity index (χ0) is 26.8. The van der Waals surface area contributed by atoms with Gasteiger partial charge in [0.25, 0.3) is 0 Å². The fraction of sp³-hybridized carbons (Fsp3) is 0.233. The van der Waals surface area contributed by atoms with Crippen LogP contribution in [0.5, 0.6) is 0 Å². The van der Waals surface area contributed by atoms with E-state index in [1.165, 1.54) is 12.7 Å². The van der Waals surface area contributed by atoms with Gasteiger partial charge in [-0.3, -0.25) is 4.57 Å². The van der Waals surface area contributed by atoms with Gasteiger partial charge in [-0.15, -0.1) is 0 Å². The molecule has 9 nitrogen and oxygen atoms in total. The number of nitrogens with zero attached hydrogens (tertiary/aromatic N) is 4. The highest BCUT2D eigenvalue weighted by Gasteiger charge is 2.44. The minimum Gasteiger partial charge on any atom is -0.394 e. The Labute approximate surface area is 225 Å². The molecule has 0 saturated carbocycles. The number of imidazole rings is 1. The monoisotopic (exact) mass is 523 g/mol. The molecule has 3 heterocycles. The summed E-state index contributed by atoms with van der Waals surface area (Å²) in [4.78, 5) is 13.4. The molecule has 1 fully saturated rings. The van der Waals surface area contributed by atoms with Crippen LogP contribution < -0.4 is 5.32 Å². The zero-order valence-corrected chi connectivity index (χ0v) is 21.1. The molecule has 0 amide bonds. The summed E-state index contributed by atoms with van der Waals surface area (Å²) < 4.78 is 7.27. The molecule has 9 heteroatoms. The Bertz CT molecular complexity index is 1430. The van der Waals surface area contributed by atoms with Crippen molar-refractivity contribution in [1.29, 1.82) is 0 Å². The second kappa shape index (κ2) is 10.5. The van der Waals surface area contributed by atoms with Crippen molar-refractivity contribution < 1.29 is 20.1 Å². The number of ether oxygens (including phenoxy) is 1. The Morgan fingerprint density at radius 2 is 1.33 bits per heavy atom. The van der Waals surface area contributed by atoms with Crippen molar-refractivity contribution in [3.63, 3.8) is 0 Å². The summed E-state index contributed by atoms with van der Waals surface area (Å²) in [6, 6.07) is 31.1. The van der Waals surface area contributed by atoms with Crippen LogP contribution in [-0.2, 0) is 10.2 Å². The smallest absolute Gasteiger partial charge is 0.167 e. The highest BCUT2D eigenvalue weighted by Crippen LogP contribution is 2.40. The molecule has 1 saturated heterocycles. The average molecular weight is 524 g/mol. The molecule has 39 heavy (non-hydrogen) atoms. The maximum absolute atomic E-state index is 10.6. The van der Waals surface area contributed by atoms with Gasteiger partial charge in [0, 0.05) is 6.54 Å². The third-order valence-corrected chi connectivity index (χ3v) is 7.47. The summed E-state index contributed by atoms with van der Waals surface area (Å²) in [5.74, 6) is 0.526. The van der Waals surface area contributed by atoms with Crippen LogP contribution in [0, 0.1) is 0 Å². The van der Waals surface area contributed by atoms with Crippen LogP contribution in [0.3, 0.4) is 0 Å². The molecule has 5 aromatic rings. The predicted octanol–water partition coefficient (Wildman–Crippen LogP) is 2.88. The normalized spacial score (nSPS) is 21.3. The zero-order valence-electron chi connectivity index (χ0n) is 21.1. The van der Waals surface area contributed by atoms with Crippen molar-refractivity contribution in [2.45, 2.75) is 30.0 Å². The molecule has 0 aliphatic carbocycles. The van der Waals surface area contributed by atoms with Crippen LogP contribution in [0.2, 0.25) is 0 Å². The second-order valence-electron chi connectivity index (χ2n) is 9.63. The number of aliphatic hydroxyl groups excluding tert-OH is 3. The van der Waals surface area contributed by atoms with Gasteiger partial charge in [-0.2, -0.15) is 0 Å². The quantitative estimate of drug-likeness (QED) is 0.229. The molecule has 198 valence electrons. The van der Waals surface area contributed by atoms with Crippen molar-refractivity contribution in [2.24, 2.45) is 0 Å². The Hall–Kier alpha value is -4.15. The molecule has 1 unspecified atom stereocenters. The first-order valence-electron chi connectivity index (χ1n) is 12.8. The first-order valence-corrected chi connectivity index (χ1v) is 12.8. The molecule has 4 atom stereocenters. The first kappa shape index (κ1) is 25.1. The van der Waals surface area contributed by atoms with E-state index in [-0.39, 0.29) is 0 Å². The van der Waals surface area contributed by atoms with E-state index in [9.17, 15) is 15.3 Å². The van der Waals surface area contributed by atoms with Gasteiger partial charge in [0.15, 0.2) is 23.2 Å². The van der Waals surface area contributed by atoms with Crippen LogP contribution in [0.25, 0.3) is 11.2 Å². The van der Waals surface area contributed by atoms with Gasteiger partial charge < -0.3 is 25.4 Å². The number of aromatic nitrogens is 4. The number of hydrogen-bond donors (Lipinski definition) is 4. The van der Waals surface area contributed by atoms with Gasteiger partial charge in [-0.25, -0.2) is 15.0 Å². The topological polar surface area (TPSA) is 126 Å². The average Bonchev–Trinajstić information content (AvgIpc) is 3.55. The molecule has 4 N–H and O–H groups in total. The third-order valence-electron chi connectivity index (χ3n) is 7.47. The summed E-state index contributed by atoms with van der Waals surface area (Å²) >= 11 is 0. The summed E-state index contributed by atoms with van der Waals surface area (Å²) in [6.07, 6.45) is -1.37. The number of hydrogen-bond acceptors (Lipinski definition) is 8. The lowest BCUT2D eigenvalue weighted by Crippen LogP contribution is -2.37. The summed E-state index contributed by atoms with van der Waals surface area (Å²) in [5.41, 5.74) is 3.75. The van der Waals surface area contributed by atoms with Crippen molar-refractivity contribution in [2.75, 3.05) is 18.5 Å². The van der Waals surface area contributed by atoms with E-state index in [4.69, 9.17) is 4.74 Å².